The van der Waals surface area contributed by atoms with Gasteiger partial charge in [0.1, 0.15) is 0 Å². The molecular weight excluding hydrogens is 262 g/mol. The maximum Gasteiger partial charge on any atom is 0.234 e. The quantitative estimate of drug-likeness (QED) is 0.488. The van der Waals surface area contributed by atoms with Crippen LogP contribution in [0.2, 0.25) is 0 Å². The first-order chi connectivity index (χ1) is 9.01. The number of thioether (sulfide) groups is 1. The molecule has 1 rings (SSSR count). The van der Waals surface area contributed by atoms with Gasteiger partial charge in [-0.15, -0.1) is 0 Å². The minimum atomic E-state index is -0.200. The number of anilines is 1. The number of carbonyl (C=O) groups excluding carboxylic acids is 1. The number of nitrogens with one attached hydrogen (secondary N) is 2. The number of amidine groups is 1. The molecular formula is C12H17N5OS. The van der Waals surface area contributed by atoms with Crippen molar-refractivity contribution in [3.05, 3.63) is 29.8 Å². The molecule has 1 aromatic carbocycles. The first-order valence-electron chi connectivity index (χ1n) is 5.71. The molecule has 1 amide bonds. The van der Waals surface area contributed by atoms with E-state index in [0.29, 0.717) is 0 Å². The van der Waals surface area contributed by atoms with Crippen molar-refractivity contribution in [3.8, 4) is 0 Å². The zero-order chi connectivity index (χ0) is 14.3. The number of rotatable bonds is 4. The van der Waals surface area contributed by atoms with Crippen LogP contribution in [0.15, 0.2) is 29.3 Å². The lowest BCUT2D eigenvalue weighted by atomic mass is 10.1. The van der Waals surface area contributed by atoms with Gasteiger partial charge in [0.05, 0.1) is 5.75 Å². The van der Waals surface area contributed by atoms with Crippen molar-refractivity contribution in [3.63, 3.8) is 0 Å². The summed E-state index contributed by atoms with van der Waals surface area (Å²) in [4.78, 5) is 15.2. The van der Waals surface area contributed by atoms with Crippen LogP contribution in [0.4, 0.5) is 5.69 Å². The molecule has 0 saturated carbocycles. The van der Waals surface area contributed by atoms with E-state index >= 15 is 0 Å². The molecule has 0 aromatic heterocycles. The van der Waals surface area contributed by atoms with Crippen molar-refractivity contribution in [2.45, 2.75) is 13.3 Å². The summed E-state index contributed by atoms with van der Waals surface area (Å²) in [6.07, 6.45) is 0.910. The van der Waals surface area contributed by atoms with Crippen LogP contribution in [0.1, 0.15) is 12.5 Å². The van der Waals surface area contributed by atoms with E-state index < -0.39 is 0 Å². The molecule has 7 heteroatoms. The minimum absolute atomic E-state index is 0.0857. The number of hydrogen-bond acceptors (Lipinski definition) is 3. The minimum Gasteiger partial charge on any atom is -0.370 e. The summed E-state index contributed by atoms with van der Waals surface area (Å²) in [7, 11) is 0. The van der Waals surface area contributed by atoms with Gasteiger partial charge in [-0.2, -0.15) is 4.99 Å². The third-order valence-electron chi connectivity index (χ3n) is 2.19. The molecule has 0 aliphatic carbocycles. The summed E-state index contributed by atoms with van der Waals surface area (Å²) in [6.45, 7) is 2.05. The van der Waals surface area contributed by atoms with E-state index in [1.54, 1.807) is 0 Å². The number of amides is 1. The van der Waals surface area contributed by atoms with Gasteiger partial charge in [-0.1, -0.05) is 30.8 Å². The van der Waals surface area contributed by atoms with Crippen LogP contribution in [-0.2, 0) is 11.2 Å². The highest BCUT2D eigenvalue weighted by atomic mass is 32.2. The molecule has 0 atom stereocenters. The Morgan fingerprint density at radius 3 is 2.84 bits per heavy atom. The molecule has 6 nitrogen and oxygen atoms in total. The third-order valence-corrected chi connectivity index (χ3v) is 2.96. The Morgan fingerprint density at radius 2 is 2.21 bits per heavy atom. The highest BCUT2D eigenvalue weighted by Crippen LogP contribution is 2.12. The topological polar surface area (TPSA) is 117 Å². The molecule has 0 radical (unpaired) electrons. The lowest BCUT2D eigenvalue weighted by Gasteiger charge is -2.06. The smallest absolute Gasteiger partial charge is 0.234 e. The van der Waals surface area contributed by atoms with Crippen LogP contribution in [0.3, 0.4) is 0 Å². The molecule has 0 fully saturated rings. The Hall–Kier alpha value is -2.02. The molecule has 6 N–H and O–H groups in total. The van der Waals surface area contributed by atoms with Crippen molar-refractivity contribution >= 4 is 34.5 Å². The molecule has 0 saturated heterocycles. The Bertz CT molecular complexity index is 497. The summed E-state index contributed by atoms with van der Waals surface area (Å²) < 4.78 is 0. The number of aliphatic imine (C=N–C) groups is 1. The third kappa shape index (κ3) is 5.91. The molecule has 0 spiro atoms. The zero-order valence-corrected chi connectivity index (χ0v) is 11.5. The van der Waals surface area contributed by atoms with Crippen molar-refractivity contribution in [2.75, 3.05) is 11.1 Å². The standard InChI is InChI=1S/C12H17N5OS/c1-2-8-4-3-5-9(6-8)16-10(18)7-19-12(15)17-11(13)14/h3-6H,2,7H2,1H3,(H,16,18)(H5,13,14,15,17). The number of aryl methyl sites for hydroxylation is 1. The van der Waals surface area contributed by atoms with Gasteiger partial charge in [-0.3, -0.25) is 10.2 Å². The fourth-order valence-corrected chi connectivity index (χ4v) is 1.86. The molecule has 0 heterocycles. The maximum atomic E-state index is 11.7. The largest absolute Gasteiger partial charge is 0.370 e. The molecule has 102 valence electrons. The van der Waals surface area contributed by atoms with Crippen LogP contribution in [0, 0.1) is 5.41 Å². The van der Waals surface area contributed by atoms with Gasteiger partial charge in [-0.25, -0.2) is 0 Å². The van der Waals surface area contributed by atoms with Crippen LogP contribution < -0.4 is 16.8 Å². The Labute approximate surface area is 116 Å². The van der Waals surface area contributed by atoms with Gasteiger partial charge < -0.3 is 16.8 Å². The highest BCUT2D eigenvalue weighted by Gasteiger charge is 2.05. The average molecular weight is 279 g/mol. The average Bonchev–Trinajstić information content (AvgIpc) is 2.36. The fourth-order valence-electron chi connectivity index (χ4n) is 1.35. The van der Waals surface area contributed by atoms with Crippen LogP contribution >= 0.6 is 11.8 Å². The van der Waals surface area contributed by atoms with E-state index in [1.807, 2.05) is 31.2 Å². The number of carbonyl (C=O) groups is 1. The zero-order valence-electron chi connectivity index (χ0n) is 10.6. The number of nitrogens with two attached hydrogens (primary N) is 2. The first kappa shape index (κ1) is 15.0. The summed E-state index contributed by atoms with van der Waals surface area (Å²) >= 11 is 0.966. The van der Waals surface area contributed by atoms with Gasteiger partial charge in [0.15, 0.2) is 11.1 Å². The van der Waals surface area contributed by atoms with Crippen molar-refractivity contribution in [2.24, 2.45) is 16.5 Å². The normalized spacial score (nSPS) is 9.74. The van der Waals surface area contributed by atoms with Crippen LogP contribution in [0.5, 0.6) is 0 Å². The second kappa shape index (κ2) is 7.42. The van der Waals surface area contributed by atoms with E-state index in [4.69, 9.17) is 16.9 Å². The van der Waals surface area contributed by atoms with E-state index in [9.17, 15) is 4.79 Å². The first-order valence-corrected chi connectivity index (χ1v) is 6.69. The van der Waals surface area contributed by atoms with Crippen LogP contribution in [-0.4, -0.2) is 22.8 Å². The number of benzene rings is 1. The van der Waals surface area contributed by atoms with Gasteiger partial charge in [-0.05, 0) is 24.1 Å². The predicted molar refractivity (Wildman–Crippen MR) is 80.4 cm³/mol. The second-order valence-electron chi connectivity index (χ2n) is 3.73. The SMILES string of the molecule is CCc1cccc(NC(=O)CSC(=N)N=C(N)N)c1. The summed E-state index contributed by atoms with van der Waals surface area (Å²) in [5.41, 5.74) is 12.2. The molecule has 0 unspecified atom stereocenters. The van der Waals surface area contributed by atoms with E-state index in [0.717, 1.165) is 29.4 Å². The molecule has 19 heavy (non-hydrogen) atoms. The van der Waals surface area contributed by atoms with Gasteiger partial charge in [0, 0.05) is 5.69 Å². The number of guanidine groups is 1. The lowest BCUT2D eigenvalue weighted by Crippen LogP contribution is -2.24. The van der Waals surface area contributed by atoms with E-state index in [-0.39, 0.29) is 22.8 Å². The Balaban J connectivity index is 2.47. The fraction of sp³-hybridized carbons (Fsp3) is 0.250. The van der Waals surface area contributed by atoms with E-state index in [1.165, 1.54) is 0 Å². The van der Waals surface area contributed by atoms with Crippen LogP contribution in [0.25, 0.3) is 0 Å². The van der Waals surface area contributed by atoms with Crippen molar-refractivity contribution in [1.29, 1.82) is 5.41 Å². The summed E-state index contributed by atoms with van der Waals surface area (Å²) in [5.74, 6) is -0.297. The summed E-state index contributed by atoms with van der Waals surface area (Å²) in [6, 6.07) is 7.63. The lowest BCUT2D eigenvalue weighted by molar-refractivity contribution is -0.113. The predicted octanol–water partition coefficient (Wildman–Crippen LogP) is 1.13. The molecule has 0 aliphatic heterocycles. The van der Waals surface area contributed by atoms with Gasteiger partial charge >= 0.3 is 0 Å². The van der Waals surface area contributed by atoms with E-state index in [2.05, 4.69) is 10.3 Å². The maximum absolute atomic E-state index is 11.7. The molecule has 0 aliphatic rings. The number of nitrogens with zero attached hydrogens (tertiary/aromatic N) is 1. The Morgan fingerprint density at radius 1 is 1.47 bits per heavy atom. The van der Waals surface area contributed by atoms with Gasteiger partial charge in [0.25, 0.3) is 0 Å². The monoisotopic (exact) mass is 279 g/mol. The summed E-state index contributed by atoms with van der Waals surface area (Å²) in [5, 5.41) is 10.1. The molecule has 1 aromatic rings. The van der Waals surface area contributed by atoms with Crippen molar-refractivity contribution < 1.29 is 4.79 Å². The van der Waals surface area contributed by atoms with Gasteiger partial charge in [0.2, 0.25) is 5.91 Å². The molecule has 0 bridgehead atoms. The Kier molecular flexibility index (Phi) is 5.87. The highest BCUT2D eigenvalue weighted by molar-refractivity contribution is 8.14. The van der Waals surface area contributed by atoms with Crippen molar-refractivity contribution in [1.82, 2.24) is 0 Å². The second-order valence-corrected chi connectivity index (χ2v) is 4.70. The number of hydrogen-bond donors (Lipinski definition) is 4.